The number of ether oxygens (including phenoxy) is 1. The summed E-state index contributed by atoms with van der Waals surface area (Å²) in [7, 11) is 0. The Morgan fingerprint density at radius 3 is 2.95 bits per heavy atom. The highest BCUT2D eigenvalue weighted by Gasteiger charge is 2.05. The quantitative estimate of drug-likeness (QED) is 0.780. The normalized spacial score (nSPS) is 10.8. The van der Waals surface area contributed by atoms with Crippen molar-refractivity contribution in [2.24, 2.45) is 0 Å². The highest BCUT2D eigenvalue weighted by molar-refractivity contribution is 6.30. The van der Waals surface area contributed by atoms with Crippen LogP contribution in [0.4, 0.5) is 4.39 Å². The third-order valence-electron chi connectivity index (χ3n) is 2.74. The molecule has 0 aliphatic heterocycles. The van der Waals surface area contributed by atoms with Gasteiger partial charge in [-0.2, -0.15) is 0 Å². The number of furan rings is 1. The zero-order chi connectivity index (χ0) is 14.4. The summed E-state index contributed by atoms with van der Waals surface area (Å²) in [6.45, 7) is 4.12. The molecule has 108 valence electrons. The molecule has 1 heterocycles. The molecular formula is C15H17ClFNO2. The molecular weight excluding hydrogens is 281 g/mol. The van der Waals surface area contributed by atoms with E-state index < -0.39 is 5.82 Å². The van der Waals surface area contributed by atoms with Crippen LogP contribution in [0.15, 0.2) is 34.9 Å². The lowest BCUT2D eigenvalue weighted by atomic mass is 10.3. The number of benzene rings is 1. The maximum atomic E-state index is 13.2. The van der Waals surface area contributed by atoms with Crippen LogP contribution in [0.1, 0.15) is 24.7 Å². The summed E-state index contributed by atoms with van der Waals surface area (Å²) in [6.07, 6.45) is 2.79. The van der Waals surface area contributed by atoms with Gasteiger partial charge in [-0.05, 0) is 31.2 Å². The van der Waals surface area contributed by atoms with Gasteiger partial charge in [-0.1, -0.05) is 18.5 Å². The Bertz CT molecular complexity index is 557. The average molecular weight is 298 g/mol. The molecule has 5 heteroatoms. The van der Waals surface area contributed by atoms with Crippen molar-refractivity contribution in [1.29, 1.82) is 0 Å². The number of rotatable bonds is 7. The molecule has 0 fully saturated rings. The Morgan fingerprint density at radius 1 is 1.35 bits per heavy atom. The fourth-order valence-corrected chi connectivity index (χ4v) is 1.84. The lowest BCUT2D eigenvalue weighted by Gasteiger charge is -2.04. The maximum absolute atomic E-state index is 13.2. The maximum Gasteiger partial charge on any atom is 0.146 e. The molecule has 1 N–H and O–H groups in total. The minimum absolute atomic E-state index is 0.0830. The summed E-state index contributed by atoms with van der Waals surface area (Å²) in [5.41, 5.74) is 1.07. The molecule has 20 heavy (non-hydrogen) atoms. The Hall–Kier alpha value is -1.52. The lowest BCUT2D eigenvalue weighted by Crippen LogP contribution is -2.13. The van der Waals surface area contributed by atoms with Crippen LogP contribution in [0.5, 0.6) is 5.75 Å². The molecule has 0 saturated heterocycles. The van der Waals surface area contributed by atoms with Crippen molar-refractivity contribution in [3.63, 3.8) is 0 Å². The van der Waals surface area contributed by atoms with E-state index in [0.29, 0.717) is 11.5 Å². The van der Waals surface area contributed by atoms with Crippen LogP contribution in [-0.2, 0) is 13.2 Å². The predicted octanol–water partition coefficient (Wildman–Crippen LogP) is 4.15. The molecule has 0 radical (unpaired) electrons. The summed E-state index contributed by atoms with van der Waals surface area (Å²) in [6, 6.07) is 6.27. The fraction of sp³-hybridized carbons (Fsp3) is 0.333. The lowest BCUT2D eigenvalue weighted by molar-refractivity contribution is 0.269. The third kappa shape index (κ3) is 4.25. The van der Waals surface area contributed by atoms with Gasteiger partial charge in [0.05, 0.1) is 11.3 Å². The van der Waals surface area contributed by atoms with E-state index in [1.165, 1.54) is 12.1 Å². The molecule has 3 nitrogen and oxygen atoms in total. The van der Waals surface area contributed by atoms with Crippen molar-refractivity contribution < 1.29 is 13.5 Å². The Morgan fingerprint density at radius 2 is 2.20 bits per heavy atom. The van der Waals surface area contributed by atoms with Crippen LogP contribution in [0, 0.1) is 5.82 Å². The van der Waals surface area contributed by atoms with E-state index in [1.54, 1.807) is 12.3 Å². The van der Waals surface area contributed by atoms with Crippen LogP contribution in [0.25, 0.3) is 0 Å². The van der Waals surface area contributed by atoms with E-state index in [-0.39, 0.29) is 11.6 Å². The molecule has 0 bridgehead atoms. The Labute approximate surface area is 122 Å². The van der Waals surface area contributed by atoms with Gasteiger partial charge in [0.15, 0.2) is 0 Å². The summed E-state index contributed by atoms with van der Waals surface area (Å²) < 4.78 is 24.1. The van der Waals surface area contributed by atoms with Gasteiger partial charge in [0.2, 0.25) is 0 Å². The highest BCUT2D eigenvalue weighted by Crippen LogP contribution is 2.21. The summed E-state index contributed by atoms with van der Waals surface area (Å²) in [4.78, 5) is 0. The number of nitrogens with one attached hydrogen (secondary N) is 1. The average Bonchev–Trinajstić information content (AvgIpc) is 2.88. The van der Waals surface area contributed by atoms with E-state index in [9.17, 15) is 4.39 Å². The van der Waals surface area contributed by atoms with Gasteiger partial charge in [-0.15, -0.1) is 0 Å². The van der Waals surface area contributed by atoms with Crippen molar-refractivity contribution in [1.82, 2.24) is 5.32 Å². The summed E-state index contributed by atoms with van der Waals surface area (Å²) in [5.74, 6) is 0.635. The zero-order valence-corrected chi connectivity index (χ0v) is 12.0. The van der Waals surface area contributed by atoms with Crippen molar-refractivity contribution in [2.75, 3.05) is 6.54 Å². The second kappa shape index (κ2) is 7.31. The van der Waals surface area contributed by atoms with Gasteiger partial charge < -0.3 is 14.5 Å². The van der Waals surface area contributed by atoms with Crippen LogP contribution >= 0.6 is 11.6 Å². The minimum Gasteiger partial charge on any atom is -0.486 e. The molecule has 0 aliphatic carbocycles. The zero-order valence-electron chi connectivity index (χ0n) is 11.3. The first-order valence-corrected chi connectivity index (χ1v) is 6.91. The van der Waals surface area contributed by atoms with Crippen molar-refractivity contribution >= 4 is 11.6 Å². The first kappa shape index (κ1) is 14.9. The topological polar surface area (TPSA) is 34.4 Å². The van der Waals surface area contributed by atoms with E-state index in [4.69, 9.17) is 20.8 Å². The largest absolute Gasteiger partial charge is 0.486 e. The van der Waals surface area contributed by atoms with Gasteiger partial charge in [0.25, 0.3) is 0 Å². The van der Waals surface area contributed by atoms with Gasteiger partial charge >= 0.3 is 0 Å². The molecule has 2 rings (SSSR count). The third-order valence-corrected chi connectivity index (χ3v) is 3.04. The van der Waals surface area contributed by atoms with Crippen LogP contribution in [0.2, 0.25) is 5.02 Å². The Kier molecular flexibility index (Phi) is 5.44. The van der Waals surface area contributed by atoms with Gasteiger partial charge in [0.1, 0.15) is 23.9 Å². The monoisotopic (exact) mass is 297 g/mol. The number of hydrogen-bond acceptors (Lipinski definition) is 3. The second-order valence-electron chi connectivity index (χ2n) is 4.46. The first-order valence-electron chi connectivity index (χ1n) is 6.54. The molecule has 0 amide bonds. The Balaban J connectivity index is 1.85. The molecule has 1 aromatic heterocycles. The van der Waals surface area contributed by atoms with E-state index in [0.717, 1.165) is 25.1 Å². The van der Waals surface area contributed by atoms with E-state index >= 15 is 0 Å². The van der Waals surface area contributed by atoms with E-state index in [2.05, 4.69) is 12.2 Å². The van der Waals surface area contributed by atoms with Gasteiger partial charge in [-0.25, -0.2) is 4.39 Å². The summed E-state index contributed by atoms with van der Waals surface area (Å²) >= 11 is 5.61. The van der Waals surface area contributed by atoms with Gasteiger partial charge in [-0.3, -0.25) is 0 Å². The van der Waals surface area contributed by atoms with Crippen molar-refractivity contribution in [2.45, 2.75) is 26.5 Å². The van der Waals surface area contributed by atoms with Crippen LogP contribution < -0.4 is 10.1 Å². The SMILES string of the molecule is CCCNCc1coc(COc2ccc(Cl)c(F)c2)c1. The standard InChI is InChI=1S/C15H17ClFNO2/c1-2-5-18-8-11-6-13(19-9-11)10-20-12-3-4-14(16)15(17)7-12/h3-4,6-7,9,18H,2,5,8,10H2,1H3. The van der Waals surface area contributed by atoms with Crippen LogP contribution in [0.3, 0.4) is 0 Å². The molecule has 0 aliphatic rings. The van der Waals surface area contributed by atoms with Crippen molar-refractivity contribution in [3.05, 3.63) is 52.7 Å². The fourth-order valence-electron chi connectivity index (χ4n) is 1.73. The van der Waals surface area contributed by atoms with Crippen molar-refractivity contribution in [3.8, 4) is 5.75 Å². The number of hydrogen-bond donors (Lipinski definition) is 1. The highest BCUT2D eigenvalue weighted by atomic mass is 35.5. The molecule has 0 unspecified atom stereocenters. The molecule has 1 aromatic carbocycles. The minimum atomic E-state index is -0.493. The number of halogens is 2. The smallest absolute Gasteiger partial charge is 0.146 e. The van der Waals surface area contributed by atoms with Crippen LogP contribution in [-0.4, -0.2) is 6.54 Å². The molecule has 0 spiro atoms. The first-order chi connectivity index (χ1) is 9.69. The van der Waals surface area contributed by atoms with Gasteiger partial charge in [0, 0.05) is 18.2 Å². The molecule has 0 saturated carbocycles. The molecule has 0 atom stereocenters. The second-order valence-corrected chi connectivity index (χ2v) is 4.87. The van der Waals surface area contributed by atoms with E-state index in [1.807, 2.05) is 6.07 Å². The molecule has 2 aromatic rings. The predicted molar refractivity (Wildman–Crippen MR) is 76.4 cm³/mol. The summed E-state index contributed by atoms with van der Waals surface area (Å²) in [5, 5.41) is 3.37.